The lowest BCUT2D eigenvalue weighted by Crippen LogP contribution is -2.35. The number of fused-ring (bicyclic) bond motifs is 1. The predicted molar refractivity (Wildman–Crippen MR) is 92.1 cm³/mol. The van der Waals surface area contributed by atoms with E-state index in [1.807, 2.05) is 37.3 Å². The number of benzene rings is 1. The molecular formula is C17H16N6O2. The molecule has 8 nitrogen and oxygen atoms in total. The molecule has 126 valence electrons. The molecule has 0 fully saturated rings. The van der Waals surface area contributed by atoms with Crippen molar-refractivity contribution in [2.24, 2.45) is 0 Å². The smallest absolute Gasteiger partial charge is 0.287 e. The van der Waals surface area contributed by atoms with Gasteiger partial charge in [-0.05, 0) is 12.5 Å². The third kappa shape index (κ3) is 2.71. The maximum absolute atomic E-state index is 10.9. The van der Waals surface area contributed by atoms with E-state index in [4.69, 9.17) is 0 Å². The summed E-state index contributed by atoms with van der Waals surface area (Å²) in [5, 5.41) is 19.5. The van der Waals surface area contributed by atoms with Crippen molar-refractivity contribution in [3.05, 3.63) is 64.1 Å². The Balaban J connectivity index is 1.62. The third-order valence-corrected chi connectivity index (χ3v) is 4.33. The monoisotopic (exact) mass is 336 g/mol. The summed E-state index contributed by atoms with van der Waals surface area (Å²) in [6, 6.07) is 11.5. The van der Waals surface area contributed by atoms with Crippen LogP contribution in [-0.2, 0) is 13.1 Å². The molecule has 0 radical (unpaired) electrons. The van der Waals surface area contributed by atoms with Gasteiger partial charge in [0, 0.05) is 24.7 Å². The molecule has 8 heteroatoms. The summed E-state index contributed by atoms with van der Waals surface area (Å²) in [4.78, 5) is 16.8. The van der Waals surface area contributed by atoms with E-state index in [2.05, 4.69) is 24.6 Å². The van der Waals surface area contributed by atoms with Crippen molar-refractivity contribution >= 4 is 11.5 Å². The quantitative estimate of drug-likeness (QED) is 0.539. The van der Waals surface area contributed by atoms with Crippen LogP contribution in [0, 0.1) is 17.0 Å². The lowest BCUT2D eigenvalue weighted by Gasteiger charge is -2.29. The first-order valence-electron chi connectivity index (χ1n) is 7.97. The standard InChI is InChI=1S/C17H16N6O2/c1-12-9-14(23(24)25)10-18-16(12)21-7-8-22-15(11-21)19-20-17(22)13-5-3-2-4-6-13/h2-6,9-10H,7-8,11H2,1H3. The molecule has 1 aliphatic rings. The van der Waals surface area contributed by atoms with Crippen LogP contribution in [-0.4, -0.2) is 31.2 Å². The van der Waals surface area contributed by atoms with Crippen LogP contribution in [0.25, 0.3) is 11.4 Å². The fourth-order valence-corrected chi connectivity index (χ4v) is 3.12. The molecular weight excluding hydrogens is 320 g/mol. The molecule has 0 spiro atoms. The molecule has 0 N–H and O–H groups in total. The van der Waals surface area contributed by atoms with Gasteiger partial charge in [0.05, 0.1) is 11.5 Å². The summed E-state index contributed by atoms with van der Waals surface area (Å²) in [5.41, 5.74) is 1.83. The van der Waals surface area contributed by atoms with E-state index < -0.39 is 4.92 Å². The van der Waals surface area contributed by atoms with E-state index in [9.17, 15) is 10.1 Å². The van der Waals surface area contributed by atoms with Gasteiger partial charge in [-0.1, -0.05) is 30.3 Å². The topological polar surface area (TPSA) is 90.0 Å². The van der Waals surface area contributed by atoms with Crippen LogP contribution >= 0.6 is 0 Å². The Labute approximate surface area is 143 Å². The molecule has 25 heavy (non-hydrogen) atoms. The SMILES string of the molecule is Cc1cc([N+](=O)[O-])cnc1N1CCn2c(nnc2-c2ccccc2)C1. The van der Waals surface area contributed by atoms with Gasteiger partial charge in [-0.2, -0.15) is 0 Å². The lowest BCUT2D eigenvalue weighted by molar-refractivity contribution is -0.385. The van der Waals surface area contributed by atoms with Crippen LogP contribution in [0.5, 0.6) is 0 Å². The Morgan fingerprint density at radius 3 is 2.68 bits per heavy atom. The van der Waals surface area contributed by atoms with Gasteiger partial charge in [0.1, 0.15) is 12.0 Å². The average Bonchev–Trinajstić information content (AvgIpc) is 3.05. The largest absolute Gasteiger partial charge is 0.347 e. The van der Waals surface area contributed by atoms with E-state index in [0.29, 0.717) is 6.54 Å². The van der Waals surface area contributed by atoms with Crippen LogP contribution in [0.1, 0.15) is 11.4 Å². The number of rotatable bonds is 3. The number of nitro groups is 1. The Hall–Kier alpha value is -3.29. The molecule has 0 saturated carbocycles. The van der Waals surface area contributed by atoms with Gasteiger partial charge in [-0.25, -0.2) is 4.98 Å². The molecule has 0 saturated heterocycles. The molecule has 0 aliphatic carbocycles. The van der Waals surface area contributed by atoms with Gasteiger partial charge in [-0.3, -0.25) is 10.1 Å². The van der Waals surface area contributed by atoms with E-state index in [1.165, 1.54) is 6.20 Å². The molecule has 3 aromatic rings. The second kappa shape index (κ2) is 5.97. The highest BCUT2D eigenvalue weighted by Gasteiger charge is 2.24. The number of hydrogen-bond acceptors (Lipinski definition) is 6. The second-order valence-corrected chi connectivity index (χ2v) is 5.97. The van der Waals surface area contributed by atoms with Crippen LogP contribution in [0.2, 0.25) is 0 Å². The predicted octanol–water partition coefficient (Wildman–Crippen LogP) is 2.58. The first-order valence-corrected chi connectivity index (χ1v) is 7.97. The number of pyridine rings is 1. The fourth-order valence-electron chi connectivity index (χ4n) is 3.12. The first-order chi connectivity index (χ1) is 12.1. The van der Waals surface area contributed by atoms with Crippen molar-refractivity contribution in [3.8, 4) is 11.4 Å². The Morgan fingerprint density at radius 1 is 1.16 bits per heavy atom. The third-order valence-electron chi connectivity index (χ3n) is 4.33. The first kappa shape index (κ1) is 15.3. The number of nitrogens with zero attached hydrogens (tertiary/aromatic N) is 6. The summed E-state index contributed by atoms with van der Waals surface area (Å²) < 4.78 is 2.12. The fraction of sp³-hybridized carbons (Fsp3) is 0.235. The van der Waals surface area contributed by atoms with Crippen molar-refractivity contribution in [2.45, 2.75) is 20.0 Å². The van der Waals surface area contributed by atoms with Gasteiger partial charge in [-0.15, -0.1) is 10.2 Å². The summed E-state index contributed by atoms with van der Waals surface area (Å²) in [6.45, 7) is 3.90. The molecule has 2 aromatic heterocycles. The van der Waals surface area contributed by atoms with E-state index in [1.54, 1.807) is 6.07 Å². The normalized spacial score (nSPS) is 13.6. The van der Waals surface area contributed by atoms with Crippen molar-refractivity contribution in [1.82, 2.24) is 19.7 Å². The Morgan fingerprint density at radius 2 is 1.96 bits per heavy atom. The zero-order valence-electron chi connectivity index (χ0n) is 13.7. The highest BCUT2D eigenvalue weighted by atomic mass is 16.6. The van der Waals surface area contributed by atoms with E-state index in [0.717, 1.165) is 41.7 Å². The van der Waals surface area contributed by atoms with Gasteiger partial charge in [0.2, 0.25) is 0 Å². The zero-order chi connectivity index (χ0) is 17.4. The Bertz CT molecular complexity index is 938. The van der Waals surface area contributed by atoms with Crippen LogP contribution in [0.3, 0.4) is 0 Å². The molecule has 4 rings (SSSR count). The summed E-state index contributed by atoms with van der Waals surface area (Å²) in [5.74, 6) is 2.48. The van der Waals surface area contributed by atoms with E-state index in [-0.39, 0.29) is 5.69 Å². The van der Waals surface area contributed by atoms with Crippen molar-refractivity contribution in [2.75, 3.05) is 11.4 Å². The minimum Gasteiger partial charge on any atom is -0.347 e. The Kier molecular flexibility index (Phi) is 3.64. The molecule has 1 aromatic carbocycles. The van der Waals surface area contributed by atoms with Crippen molar-refractivity contribution in [3.63, 3.8) is 0 Å². The number of hydrogen-bond donors (Lipinski definition) is 0. The maximum atomic E-state index is 10.9. The molecule has 0 amide bonds. The summed E-state index contributed by atoms with van der Waals surface area (Å²) >= 11 is 0. The molecule has 3 heterocycles. The molecule has 0 atom stereocenters. The van der Waals surface area contributed by atoms with E-state index >= 15 is 0 Å². The van der Waals surface area contributed by atoms with Crippen LogP contribution in [0.4, 0.5) is 11.5 Å². The summed E-state index contributed by atoms with van der Waals surface area (Å²) in [7, 11) is 0. The number of aryl methyl sites for hydroxylation is 1. The van der Waals surface area contributed by atoms with Gasteiger partial charge < -0.3 is 9.47 Å². The van der Waals surface area contributed by atoms with Crippen molar-refractivity contribution in [1.29, 1.82) is 0 Å². The van der Waals surface area contributed by atoms with Crippen LogP contribution in [0.15, 0.2) is 42.6 Å². The second-order valence-electron chi connectivity index (χ2n) is 5.97. The molecule has 0 bridgehead atoms. The minimum atomic E-state index is -0.428. The molecule has 1 aliphatic heterocycles. The number of anilines is 1. The highest BCUT2D eigenvalue weighted by molar-refractivity contribution is 5.56. The number of aromatic nitrogens is 4. The zero-order valence-corrected chi connectivity index (χ0v) is 13.7. The maximum Gasteiger partial charge on any atom is 0.287 e. The summed E-state index contributed by atoms with van der Waals surface area (Å²) in [6.07, 6.45) is 1.30. The highest BCUT2D eigenvalue weighted by Crippen LogP contribution is 2.27. The van der Waals surface area contributed by atoms with Crippen LogP contribution < -0.4 is 4.90 Å². The van der Waals surface area contributed by atoms with Crippen molar-refractivity contribution < 1.29 is 4.92 Å². The van der Waals surface area contributed by atoms with Gasteiger partial charge >= 0.3 is 0 Å². The molecule has 0 unspecified atom stereocenters. The lowest BCUT2D eigenvalue weighted by atomic mass is 10.2. The minimum absolute atomic E-state index is 0.00721. The van der Waals surface area contributed by atoms with Gasteiger partial charge in [0.25, 0.3) is 5.69 Å². The van der Waals surface area contributed by atoms with Gasteiger partial charge in [0.15, 0.2) is 11.6 Å². The average molecular weight is 336 g/mol.